The molecule has 0 aromatic heterocycles. The smallest absolute Gasteiger partial charge is 0.343 e. The normalized spacial score (nSPS) is 30.9. The third kappa shape index (κ3) is 5.07. The summed E-state index contributed by atoms with van der Waals surface area (Å²) < 4.78 is 5.55. The van der Waals surface area contributed by atoms with Gasteiger partial charge in [0.2, 0.25) is 5.91 Å². The second-order valence-corrected chi connectivity index (χ2v) is 10.8. The van der Waals surface area contributed by atoms with E-state index in [4.69, 9.17) is 4.74 Å². The van der Waals surface area contributed by atoms with E-state index in [2.05, 4.69) is 19.1 Å². The van der Waals surface area contributed by atoms with E-state index in [9.17, 15) is 14.7 Å². The molecule has 6 heteroatoms. The molecule has 2 saturated carbocycles. The summed E-state index contributed by atoms with van der Waals surface area (Å²) in [4.78, 5) is 28.5. The summed E-state index contributed by atoms with van der Waals surface area (Å²) >= 11 is 1.40. The molecule has 0 spiro atoms. The molecule has 1 heterocycles. The van der Waals surface area contributed by atoms with E-state index in [1.54, 1.807) is 7.11 Å². The maximum Gasteiger partial charge on any atom is 0.343 e. The number of ether oxygens (including phenoxy) is 1. The summed E-state index contributed by atoms with van der Waals surface area (Å²) in [5.74, 6) is -0.0810. The molecule has 1 aliphatic heterocycles. The standard InChI is InChI=1S/C26H35NO4S/c1-17-8-10-19(11-9-17)25(28)27(20-12-14-21(31-2)15-13-20)22-16-23(32-24(22)26(29)30)18-6-4-3-5-7-18/h3-7,17,19-21,23H,8-16H2,1-2H3,(H,29,30). The Kier molecular flexibility index (Phi) is 7.62. The summed E-state index contributed by atoms with van der Waals surface area (Å²) in [6.45, 7) is 2.26. The molecule has 4 rings (SSSR count). The number of hydrogen-bond acceptors (Lipinski definition) is 4. The molecule has 0 bridgehead atoms. The van der Waals surface area contributed by atoms with Crippen LogP contribution >= 0.6 is 11.8 Å². The van der Waals surface area contributed by atoms with E-state index in [-0.39, 0.29) is 29.2 Å². The van der Waals surface area contributed by atoms with Gasteiger partial charge in [0.15, 0.2) is 0 Å². The highest BCUT2D eigenvalue weighted by atomic mass is 32.2. The van der Waals surface area contributed by atoms with E-state index >= 15 is 0 Å². The number of thioether (sulfide) groups is 1. The zero-order chi connectivity index (χ0) is 22.7. The molecule has 1 atom stereocenters. The van der Waals surface area contributed by atoms with Crippen molar-refractivity contribution in [2.75, 3.05) is 7.11 Å². The first-order chi connectivity index (χ1) is 15.5. The number of carbonyl (C=O) groups is 2. The van der Waals surface area contributed by atoms with Crippen molar-refractivity contribution >= 4 is 23.6 Å². The number of hydrogen-bond donors (Lipinski definition) is 1. The Balaban J connectivity index is 1.63. The number of methoxy groups -OCH3 is 1. The molecular formula is C26H35NO4S. The minimum Gasteiger partial charge on any atom is -0.477 e. The van der Waals surface area contributed by atoms with E-state index in [1.807, 2.05) is 23.1 Å². The molecule has 1 aromatic carbocycles. The van der Waals surface area contributed by atoms with Crippen LogP contribution in [0.25, 0.3) is 0 Å². The van der Waals surface area contributed by atoms with Crippen molar-refractivity contribution in [3.05, 3.63) is 46.5 Å². The van der Waals surface area contributed by atoms with Gasteiger partial charge >= 0.3 is 5.97 Å². The average molecular weight is 458 g/mol. The molecule has 0 saturated heterocycles. The van der Waals surface area contributed by atoms with Crippen molar-refractivity contribution in [1.29, 1.82) is 0 Å². The first-order valence-corrected chi connectivity index (χ1v) is 12.9. The zero-order valence-electron chi connectivity index (χ0n) is 19.2. The lowest BCUT2D eigenvalue weighted by molar-refractivity contribution is -0.138. The van der Waals surface area contributed by atoms with E-state index in [1.165, 1.54) is 11.8 Å². The monoisotopic (exact) mass is 457 g/mol. The lowest BCUT2D eigenvalue weighted by Gasteiger charge is -2.40. The molecule has 1 N–H and O–H groups in total. The van der Waals surface area contributed by atoms with Crippen LogP contribution in [0.2, 0.25) is 0 Å². The number of aliphatic carboxylic acids is 1. The predicted molar refractivity (Wildman–Crippen MR) is 127 cm³/mol. The van der Waals surface area contributed by atoms with E-state index in [0.29, 0.717) is 17.2 Å². The maximum atomic E-state index is 13.9. The Morgan fingerprint density at radius 3 is 2.25 bits per heavy atom. The van der Waals surface area contributed by atoms with Crippen LogP contribution in [0.5, 0.6) is 0 Å². The first kappa shape index (κ1) is 23.4. The number of carbonyl (C=O) groups excluding carboxylic acids is 1. The minimum atomic E-state index is -0.913. The number of amides is 1. The number of nitrogens with zero attached hydrogens (tertiary/aromatic N) is 1. The minimum absolute atomic E-state index is 0.00895. The number of benzene rings is 1. The molecule has 1 unspecified atom stereocenters. The SMILES string of the molecule is COC1CCC(N(C(=O)C2CCC(C)CC2)C2=C(C(=O)O)SC(c3ccccc3)C2)CC1. The Hall–Kier alpha value is -1.79. The van der Waals surface area contributed by atoms with Crippen LogP contribution in [-0.4, -0.2) is 41.1 Å². The summed E-state index contributed by atoms with van der Waals surface area (Å²) in [5, 5.41) is 10.1. The van der Waals surface area contributed by atoms with Crippen molar-refractivity contribution in [3.8, 4) is 0 Å². The predicted octanol–water partition coefficient (Wildman–Crippen LogP) is 5.77. The van der Waals surface area contributed by atoms with Gasteiger partial charge in [-0.15, -0.1) is 11.8 Å². The molecule has 1 aromatic rings. The average Bonchev–Trinajstić information content (AvgIpc) is 3.26. The lowest BCUT2D eigenvalue weighted by atomic mass is 9.81. The Morgan fingerprint density at radius 2 is 1.66 bits per heavy atom. The van der Waals surface area contributed by atoms with Gasteiger partial charge in [-0.05, 0) is 62.8 Å². The fourth-order valence-corrected chi connectivity index (χ4v) is 6.77. The molecule has 0 radical (unpaired) electrons. The Bertz CT molecular complexity index is 839. The van der Waals surface area contributed by atoms with Crippen LogP contribution in [0.1, 0.15) is 75.5 Å². The topological polar surface area (TPSA) is 66.8 Å². The summed E-state index contributed by atoms with van der Waals surface area (Å²) in [5.41, 5.74) is 1.86. The lowest BCUT2D eigenvalue weighted by Crippen LogP contribution is -2.46. The quantitative estimate of drug-likeness (QED) is 0.587. The van der Waals surface area contributed by atoms with Crippen molar-refractivity contribution in [2.45, 2.75) is 82.1 Å². The largest absolute Gasteiger partial charge is 0.477 e. The van der Waals surface area contributed by atoms with Gasteiger partial charge in [0, 0.05) is 36.4 Å². The highest BCUT2D eigenvalue weighted by Crippen LogP contribution is 2.50. The molecule has 1 amide bonds. The van der Waals surface area contributed by atoms with Crippen LogP contribution in [0.4, 0.5) is 0 Å². The second kappa shape index (κ2) is 10.4. The summed E-state index contributed by atoms with van der Waals surface area (Å²) in [6.07, 6.45) is 8.37. The van der Waals surface area contributed by atoms with E-state index in [0.717, 1.165) is 62.6 Å². The van der Waals surface area contributed by atoms with Crippen LogP contribution < -0.4 is 0 Å². The van der Waals surface area contributed by atoms with Crippen molar-refractivity contribution < 1.29 is 19.4 Å². The molecule has 2 fully saturated rings. The highest BCUT2D eigenvalue weighted by molar-refractivity contribution is 8.04. The summed E-state index contributed by atoms with van der Waals surface area (Å²) in [6, 6.07) is 10.1. The van der Waals surface area contributed by atoms with Gasteiger partial charge in [-0.1, -0.05) is 37.3 Å². The van der Waals surface area contributed by atoms with Crippen molar-refractivity contribution in [2.24, 2.45) is 11.8 Å². The number of carboxylic acid groups (broad SMARTS) is 1. The molecular weight excluding hydrogens is 422 g/mol. The van der Waals surface area contributed by atoms with Crippen LogP contribution in [0, 0.1) is 11.8 Å². The number of allylic oxidation sites excluding steroid dienone is 1. The van der Waals surface area contributed by atoms with Crippen LogP contribution in [0.3, 0.4) is 0 Å². The molecule has 174 valence electrons. The van der Waals surface area contributed by atoms with Gasteiger partial charge in [0.05, 0.1) is 6.10 Å². The van der Waals surface area contributed by atoms with Crippen LogP contribution in [-0.2, 0) is 14.3 Å². The highest BCUT2D eigenvalue weighted by Gasteiger charge is 2.41. The summed E-state index contributed by atoms with van der Waals surface area (Å²) in [7, 11) is 1.75. The molecule has 2 aliphatic carbocycles. The van der Waals surface area contributed by atoms with Crippen LogP contribution in [0.15, 0.2) is 40.9 Å². The second-order valence-electron chi connectivity index (χ2n) is 9.63. The molecule has 5 nitrogen and oxygen atoms in total. The first-order valence-electron chi connectivity index (χ1n) is 12.0. The zero-order valence-corrected chi connectivity index (χ0v) is 20.0. The number of rotatable bonds is 6. The van der Waals surface area contributed by atoms with Gasteiger partial charge in [0.25, 0.3) is 0 Å². The van der Waals surface area contributed by atoms with Gasteiger partial charge in [-0.25, -0.2) is 4.79 Å². The third-order valence-corrected chi connectivity index (χ3v) is 8.87. The number of carboxylic acids is 1. The van der Waals surface area contributed by atoms with Gasteiger partial charge in [0.1, 0.15) is 4.91 Å². The fraction of sp³-hybridized carbons (Fsp3) is 0.615. The third-order valence-electron chi connectivity index (χ3n) is 7.50. The van der Waals surface area contributed by atoms with Gasteiger partial charge < -0.3 is 14.7 Å². The fourth-order valence-electron chi connectivity index (χ4n) is 5.53. The maximum absolute atomic E-state index is 13.9. The Labute approximate surface area is 195 Å². The Morgan fingerprint density at radius 1 is 1.00 bits per heavy atom. The van der Waals surface area contributed by atoms with Gasteiger partial charge in [-0.3, -0.25) is 4.79 Å². The van der Waals surface area contributed by atoms with E-state index < -0.39 is 5.97 Å². The molecule has 3 aliphatic rings. The van der Waals surface area contributed by atoms with Crippen molar-refractivity contribution in [3.63, 3.8) is 0 Å². The molecule has 32 heavy (non-hydrogen) atoms. The van der Waals surface area contributed by atoms with Crippen molar-refractivity contribution in [1.82, 2.24) is 4.90 Å². The van der Waals surface area contributed by atoms with Gasteiger partial charge in [-0.2, -0.15) is 0 Å².